The molecule has 154 valence electrons. The zero-order valence-corrected chi connectivity index (χ0v) is 16.9. The van der Waals surface area contributed by atoms with Gasteiger partial charge in [0.2, 0.25) is 0 Å². The van der Waals surface area contributed by atoms with Gasteiger partial charge in [0.15, 0.2) is 6.61 Å². The summed E-state index contributed by atoms with van der Waals surface area (Å²) in [6, 6.07) is 10.4. The minimum atomic E-state index is -0.910. The Hall–Kier alpha value is -3.22. The number of amides is 2. The third-order valence-corrected chi connectivity index (χ3v) is 4.40. The molecule has 0 saturated heterocycles. The summed E-state index contributed by atoms with van der Waals surface area (Å²) in [5, 5.41) is 5.13. The van der Waals surface area contributed by atoms with E-state index in [1.54, 1.807) is 52.0 Å². The van der Waals surface area contributed by atoms with Gasteiger partial charge in [-0.3, -0.25) is 9.59 Å². The van der Waals surface area contributed by atoms with Gasteiger partial charge in [-0.05, 0) is 49.1 Å². The number of nitrogens with one attached hydrogen (secondary N) is 2. The normalized spacial score (nSPS) is 11.7. The topological polar surface area (TPSA) is 84.5 Å². The maximum absolute atomic E-state index is 13.6. The molecule has 1 atom stereocenters. The number of hydrogen-bond acceptors (Lipinski definition) is 4. The predicted octanol–water partition coefficient (Wildman–Crippen LogP) is 3.38. The molecule has 6 nitrogen and oxygen atoms in total. The predicted molar refractivity (Wildman–Crippen MR) is 108 cm³/mol. The van der Waals surface area contributed by atoms with Gasteiger partial charge in [0.05, 0.1) is 0 Å². The van der Waals surface area contributed by atoms with E-state index in [2.05, 4.69) is 10.6 Å². The van der Waals surface area contributed by atoms with Crippen LogP contribution in [0.15, 0.2) is 42.5 Å². The summed E-state index contributed by atoms with van der Waals surface area (Å²) in [6.45, 7) is 6.39. The van der Waals surface area contributed by atoms with Crippen molar-refractivity contribution >= 4 is 23.5 Å². The number of halogens is 1. The number of hydrogen-bond donors (Lipinski definition) is 2. The largest absolute Gasteiger partial charge is 0.454 e. The van der Waals surface area contributed by atoms with Gasteiger partial charge in [-0.15, -0.1) is 0 Å². The van der Waals surface area contributed by atoms with Crippen molar-refractivity contribution in [2.75, 3.05) is 11.9 Å². The highest BCUT2D eigenvalue weighted by molar-refractivity contribution is 5.98. The molecule has 0 aliphatic carbocycles. The van der Waals surface area contributed by atoms with Crippen molar-refractivity contribution in [2.24, 2.45) is 5.92 Å². The minimum Gasteiger partial charge on any atom is -0.454 e. The Labute approximate surface area is 169 Å². The molecule has 0 saturated carbocycles. The maximum Gasteiger partial charge on any atom is 0.329 e. The Morgan fingerprint density at radius 3 is 2.34 bits per heavy atom. The van der Waals surface area contributed by atoms with E-state index in [-0.39, 0.29) is 11.6 Å². The molecule has 0 bridgehead atoms. The van der Waals surface area contributed by atoms with Gasteiger partial charge in [-0.2, -0.15) is 0 Å². The van der Waals surface area contributed by atoms with E-state index in [0.717, 1.165) is 5.56 Å². The van der Waals surface area contributed by atoms with Crippen LogP contribution in [-0.4, -0.2) is 30.4 Å². The smallest absolute Gasteiger partial charge is 0.329 e. The quantitative estimate of drug-likeness (QED) is 0.698. The molecule has 2 N–H and O–H groups in total. The average Bonchev–Trinajstić information content (AvgIpc) is 2.67. The van der Waals surface area contributed by atoms with Gasteiger partial charge in [-0.25, -0.2) is 9.18 Å². The second-order valence-electron chi connectivity index (χ2n) is 7.13. The van der Waals surface area contributed by atoms with Crippen LogP contribution in [0.2, 0.25) is 0 Å². The van der Waals surface area contributed by atoms with Crippen LogP contribution in [0.5, 0.6) is 0 Å². The SMILES string of the molecule is Cc1ccc(NC(=O)COC(=O)[C@@H](NC(=O)c2ccccc2C)C(C)C)cc1F. The van der Waals surface area contributed by atoms with Gasteiger partial charge in [-0.1, -0.05) is 38.1 Å². The van der Waals surface area contributed by atoms with E-state index in [1.165, 1.54) is 12.1 Å². The lowest BCUT2D eigenvalue weighted by Gasteiger charge is -2.21. The standard InChI is InChI=1S/C22H25FN2O4/c1-13(2)20(25-21(27)17-8-6-5-7-14(17)3)22(28)29-12-19(26)24-16-10-9-15(4)18(23)11-16/h5-11,13,20H,12H2,1-4H3,(H,24,26)(H,25,27)/t20-/m0/s1. The van der Waals surface area contributed by atoms with E-state index in [9.17, 15) is 18.8 Å². The molecule has 2 aromatic carbocycles. The van der Waals surface area contributed by atoms with Crippen molar-refractivity contribution in [2.45, 2.75) is 33.7 Å². The molecule has 0 radical (unpaired) electrons. The molecular formula is C22H25FN2O4. The van der Waals surface area contributed by atoms with Crippen molar-refractivity contribution in [3.8, 4) is 0 Å². The number of esters is 1. The van der Waals surface area contributed by atoms with Gasteiger partial charge in [0.1, 0.15) is 11.9 Å². The third kappa shape index (κ3) is 6.14. The van der Waals surface area contributed by atoms with Crippen LogP contribution < -0.4 is 10.6 Å². The Kier molecular flexibility index (Phi) is 7.47. The number of rotatable bonds is 7. The van der Waals surface area contributed by atoms with Gasteiger partial charge < -0.3 is 15.4 Å². The van der Waals surface area contributed by atoms with Crippen molar-refractivity contribution in [1.82, 2.24) is 5.32 Å². The number of carbonyl (C=O) groups is 3. The van der Waals surface area contributed by atoms with Crippen molar-refractivity contribution < 1.29 is 23.5 Å². The summed E-state index contributed by atoms with van der Waals surface area (Å²) in [7, 11) is 0. The van der Waals surface area contributed by atoms with E-state index in [0.29, 0.717) is 11.1 Å². The first-order valence-corrected chi connectivity index (χ1v) is 9.28. The second kappa shape index (κ2) is 9.82. The van der Waals surface area contributed by atoms with E-state index in [4.69, 9.17) is 4.74 Å². The number of carbonyl (C=O) groups excluding carboxylic acids is 3. The summed E-state index contributed by atoms with van der Waals surface area (Å²) in [5.74, 6) is -2.40. The molecule has 7 heteroatoms. The lowest BCUT2D eigenvalue weighted by atomic mass is 10.0. The van der Waals surface area contributed by atoms with Crippen LogP contribution in [0.1, 0.15) is 35.3 Å². The van der Waals surface area contributed by atoms with Crippen molar-refractivity contribution in [3.63, 3.8) is 0 Å². The summed E-state index contributed by atoms with van der Waals surface area (Å²) in [6.07, 6.45) is 0. The molecule has 0 aliphatic heterocycles. The van der Waals surface area contributed by atoms with Crippen LogP contribution in [0.3, 0.4) is 0 Å². The summed E-state index contributed by atoms with van der Waals surface area (Å²) < 4.78 is 18.6. The summed E-state index contributed by atoms with van der Waals surface area (Å²) in [4.78, 5) is 36.9. The Bertz CT molecular complexity index is 911. The lowest BCUT2D eigenvalue weighted by molar-refractivity contribution is -0.150. The zero-order chi connectivity index (χ0) is 21.6. The van der Waals surface area contributed by atoms with E-state index >= 15 is 0 Å². The molecule has 0 aromatic heterocycles. The Morgan fingerprint density at radius 1 is 1.03 bits per heavy atom. The second-order valence-corrected chi connectivity index (χ2v) is 7.13. The van der Waals surface area contributed by atoms with Crippen LogP contribution in [0, 0.1) is 25.6 Å². The first-order chi connectivity index (χ1) is 13.7. The van der Waals surface area contributed by atoms with E-state index < -0.39 is 36.2 Å². The van der Waals surface area contributed by atoms with Gasteiger partial charge in [0.25, 0.3) is 11.8 Å². The fourth-order valence-electron chi connectivity index (χ4n) is 2.64. The molecule has 2 amide bonds. The molecule has 0 fully saturated rings. The van der Waals surface area contributed by atoms with Crippen molar-refractivity contribution in [1.29, 1.82) is 0 Å². The zero-order valence-electron chi connectivity index (χ0n) is 16.9. The molecule has 0 heterocycles. The fraction of sp³-hybridized carbons (Fsp3) is 0.318. The van der Waals surface area contributed by atoms with Crippen molar-refractivity contribution in [3.05, 3.63) is 65.0 Å². The summed E-state index contributed by atoms with van der Waals surface area (Å²) >= 11 is 0. The maximum atomic E-state index is 13.6. The van der Waals surface area contributed by atoms with Gasteiger partial charge in [0, 0.05) is 11.3 Å². The van der Waals surface area contributed by atoms with Crippen LogP contribution in [0.25, 0.3) is 0 Å². The van der Waals surface area contributed by atoms with Crippen LogP contribution in [-0.2, 0) is 14.3 Å². The Morgan fingerprint density at radius 2 is 1.72 bits per heavy atom. The first kappa shape index (κ1) is 22.1. The summed E-state index contributed by atoms with van der Waals surface area (Å²) in [5.41, 5.74) is 1.97. The Balaban J connectivity index is 1.95. The highest BCUT2D eigenvalue weighted by Crippen LogP contribution is 2.14. The molecule has 0 spiro atoms. The average molecular weight is 400 g/mol. The first-order valence-electron chi connectivity index (χ1n) is 9.28. The minimum absolute atomic E-state index is 0.246. The molecule has 29 heavy (non-hydrogen) atoms. The molecular weight excluding hydrogens is 375 g/mol. The van der Waals surface area contributed by atoms with Crippen LogP contribution in [0.4, 0.5) is 10.1 Å². The van der Waals surface area contributed by atoms with E-state index in [1.807, 2.05) is 6.07 Å². The molecule has 2 rings (SSSR count). The number of benzene rings is 2. The molecule has 0 aliphatic rings. The highest BCUT2D eigenvalue weighted by Gasteiger charge is 2.27. The monoisotopic (exact) mass is 400 g/mol. The van der Waals surface area contributed by atoms with Gasteiger partial charge >= 0.3 is 5.97 Å². The van der Waals surface area contributed by atoms with Crippen LogP contribution >= 0.6 is 0 Å². The number of ether oxygens (including phenoxy) is 1. The third-order valence-electron chi connectivity index (χ3n) is 4.40. The molecule has 0 unspecified atom stereocenters. The molecule has 2 aromatic rings. The number of aryl methyl sites for hydroxylation is 2. The number of anilines is 1. The fourth-order valence-corrected chi connectivity index (χ4v) is 2.64. The lowest BCUT2D eigenvalue weighted by Crippen LogP contribution is -2.46. The highest BCUT2D eigenvalue weighted by atomic mass is 19.1.